The number of nitrogens with two attached hydrogens (primary N) is 1. The number of aliphatic carboxylic acids is 1. The molecule has 0 spiro atoms. The quantitative estimate of drug-likeness (QED) is 0.742. The Morgan fingerprint density at radius 3 is 2.53 bits per heavy atom. The van der Waals surface area contributed by atoms with E-state index in [4.69, 9.17) is 10.8 Å². The van der Waals surface area contributed by atoms with Gasteiger partial charge < -0.3 is 15.7 Å². The van der Waals surface area contributed by atoms with Gasteiger partial charge in [-0.2, -0.15) is 0 Å². The summed E-state index contributed by atoms with van der Waals surface area (Å²) in [4.78, 5) is 24.5. The molecule has 1 amide bonds. The molecule has 1 aliphatic carbocycles. The smallest absolute Gasteiger partial charge is 0.323 e. The van der Waals surface area contributed by atoms with Gasteiger partial charge in [-0.05, 0) is 39.2 Å². The number of hydrogen-bond acceptors (Lipinski definition) is 3. The van der Waals surface area contributed by atoms with Crippen LogP contribution in [0.4, 0.5) is 0 Å². The Labute approximate surface area is 102 Å². The summed E-state index contributed by atoms with van der Waals surface area (Å²) >= 11 is 0. The molecule has 2 atom stereocenters. The molecular weight excluding hydrogens is 220 g/mol. The van der Waals surface area contributed by atoms with Gasteiger partial charge in [0.05, 0.1) is 0 Å². The van der Waals surface area contributed by atoms with Crippen LogP contribution < -0.4 is 5.73 Å². The predicted molar refractivity (Wildman–Crippen MR) is 64.4 cm³/mol. The van der Waals surface area contributed by atoms with Crippen molar-refractivity contribution in [3.63, 3.8) is 0 Å². The standard InChI is InChI=1S/C12H22N2O3/c1-8(2)14(7-11(15)16)12(17)10-5-3-4-9(10)6-13/h8-10H,3-7,13H2,1-2H3,(H,15,16). The maximum Gasteiger partial charge on any atom is 0.323 e. The summed E-state index contributed by atoms with van der Waals surface area (Å²) in [5, 5.41) is 8.83. The molecule has 0 bridgehead atoms. The molecule has 1 saturated carbocycles. The minimum absolute atomic E-state index is 0.0460. The Morgan fingerprint density at radius 2 is 2.06 bits per heavy atom. The Hall–Kier alpha value is -1.10. The summed E-state index contributed by atoms with van der Waals surface area (Å²) in [6, 6.07) is -0.0855. The highest BCUT2D eigenvalue weighted by molar-refractivity contribution is 5.83. The van der Waals surface area contributed by atoms with Crippen LogP contribution in [0.2, 0.25) is 0 Å². The molecule has 0 aromatic carbocycles. The lowest BCUT2D eigenvalue weighted by atomic mass is 9.94. The topological polar surface area (TPSA) is 83.6 Å². The fourth-order valence-corrected chi connectivity index (χ4v) is 2.52. The highest BCUT2D eigenvalue weighted by Gasteiger charge is 2.35. The maximum absolute atomic E-state index is 12.3. The SMILES string of the molecule is CC(C)N(CC(=O)O)C(=O)C1CCCC1CN. The highest BCUT2D eigenvalue weighted by Crippen LogP contribution is 2.32. The molecule has 0 aliphatic heterocycles. The maximum atomic E-state index is 12.3. The lowest BCUT2D eigenvalue weighted by Crippen LogP contribution is -2.45. The minimum Gasteiger partial charge on any atom is -0.480 e. The molecule has 5 nitrogen and oxygen atoms in total. The van der Waals surface area contributed by atoms with Crippen LogP contribution in [0.15, 0.2) is 0 Å². The average molecular weight is 242 g/mol. The molecule has 0 aromatic heterocycles. The van der Waals surface area contributed by atoms with Crippen molar-refractivity contribution in [3.05, 3.63) is 0 Å². The lowest BCUT2D eigenvalue weighted by molar-refractivity contribution is -0.148. The predicted octanol–water partition coefficient (Wildman–Crippen LogP) is 0.683. The van der Waals surface area contributed by atoms with E-state index in [9.17, 15) is 9.59 Å². The van der Waals surface area contributed by atoms with Crippen molar-refractivity contribution in [3.8, 4) is 0 Å². The van der Waals surface area contributed by atoms with E-state index in [0.29, 0.717) is 6.54 Å². The Bertz CT molecular complexity index is 291. The number of nitrogens with zero attached hydrogens (tertiary/aromatic N) is 1. The first-order valence-corrected chi connectivity index (χ1v) is 6.19. The zero-order valence-electron chi connectivity index (χ0n) is 10.6. The van der Waals surface area contributed by atoms with Gasteiger partial charge in [-0.3, -0.25) is 9.59 Å². The second kappa shape index (κ2) is 6.00. The Kier molecular flexibility index (Phi) is 4.93. The average Bonchev–Trinajstić information content (AvgIpc) is 2.72. The molecule has 98 valence electrons. The van der Waals surface area contributed by atoms with E-state index in [-0.39, 0.29) is 30.3 Å². The van der Waals surface area contributed by atoms with Gasteiger partial charge in [-0.25, -0.2) is 0 Å². The molecule has 1 aliphatic rings. The van der Waals surface area contributed by atoms with Crippen LogP contribution in [0.3, 0.4) is 0 Å². The first-order valence-electron chi connectivity index (χ1n) is 6.19. The third-order valence-corrected chi connectivity index (χ3v) is 3.49. The summed E-state index contributed by atoms with van der Waals surface area (Å²) in [6.07, 6.45) is 2.83. The number of carboxylic acids is 1. The number of carbonyl (C=O) groups excluding carboxylic acids is 1. The van der Waals surface area contributed by atoms with Gasteiger partial charge >= 0.3 is 5.97 Å². The molecule has 0 heterocycles. The van der Waals surface area contributed by atoms with Gasteiger partial charge in [-0.1, -0.05) is 6.42 Å². The summed E-state index contributed by atoms with van der Waals surface area (Å²) in [5.74, 6) is -0.871. The third-order valence-electron chi connectivity index (χ3n) is 3.49. The van der Waals surface area contributed by atoms with Crippen molar-refractivity contribution < 1.29 is 14.7 Å². The van der Waals surface area contributed by atoms with E-state index < -0.39 is 5.97 Å². The number of amides is 1. The van der Waals surface area contributed by atoms with Crippen LogP contribution >= 0.6 is 0 Å². The molecular formula is C12H22N2O3. The molecule has 2 unspecified atom stereocenters. The van der Waals surface area contributed by atoms with E-state index >= 15 is 0 Å². The zero-order chi connectivity index (χ0) is 13.0. The lowest BCUT2D eigenvalue weighted by Gasteiger charge is -2.29. The van der Waals surface area contributed by atoms with Crippen molar-refractivity contribution >= 4 is 11.9 Å². The molecule has 3 N–H and O–H groups in total. The summed E-state index contributed by atoms with van der Waals surface area (Å²) in [5.41, 5.74) is 5.65. The fourth-order valence-electron chi connectivity index (χ4n) is 2.52. The third kappa shape index (κ3) is 3.43. The largest absolute Gasteiger partial charge is 0.480 e. The highest BCUT2D eigenvalue weighted by atomic mass is 16.4. The minimum atomic E-state index is -0.964. The van der Waals surface area contributed by atoms with Gasteiger partial charge in [0, 0.05) is 12.0 Å². The Morgan fingerprint density at radius 1 is 1.41 bits per heavy atom. The van der Waals surface area contributed by atoms with Crippen molar-refractivity contribution in [2.24, 2.45) is 17.6 Å². The number of hydrogen-bond donors (Lipinski definition) is 2. The molecule has 0 saturated heterocycles. The molecule has 1 fully saturated rings. The molecule has 5 heteroatoms. The normalized spacial score (nSPS) is 24.0. The monoisotopic (exact) mass is 242 g/mol. The van der Waals surface area contributed by atoms with Crippen LogP contribution in [0.1, 0.15) is 33.1 Å². The van der Waals surface area contributed by atoms with Gasteiger partial charge in [0.2, 0.25) is 5.91 Å². The molecule has 1 rings (SSSR count). The van der Waals surface area contributed by atoms with Crippen molar-refractivity contribution in [1.82, 2.24) is 4.90 Å². The van der Waals surface area contributed by atoms with E-state index in [1.165, 1.54) is 4.90 Å². The van der Waals surface area contributed by atoms with E-state index in [2.05, 4.69) is 0 Å². The van der Waals surface area contributed by atoms with Gasteiger partial charge in [-0.15, -0.1) is 0 Å². The van der Waals surface area contributed by atoms with Crippen LogP contribution in [-0.2, 0) is 9.59 Å². The van der Waals surface area contributed by atoms with Crippen LogP contribution in [0.5, 0.6) is 0 Å². The number of carboxylic acid groups (broad SMARTS) is 1. The van der Waals surface area contributed by atoms with Gasteiger partial charge in [0.1, 0.15) is 6.54 Å². The molecule has 0 radical (unpaired) electrons. The molecule has 17 heavy (non-hydrogen) atoms. The van der Waals surface area contributed by atoms with E-state index in [1.807, 2.05) is 13.8 Å². The number of rotatable bonds is 5. The second-order valence-corrected chi connectivity index (χ2v) is 4.99. The summed E-state index contributed by atoms with van der Waals surface area (Å²) in [6.45, 7) is 3.97. The number of carbonyl (C=O) groups is 2. The zero-order valence-corrected chi connectivity index (χ0v) is 10.6. The second-order valence-electron chi connectivity index (χ2n) is 4.99. The Balaban J connectivity index is 2.73. The fraction of sp³-hybridized carbons (Fsp3) is 0.833. The first-order chi connectivity index (χ1) is 7.97. The van der Waals surface area contributed by atoms with Gasteiger partial charge in [0.25, 0.3) is 0 Å². The van der Waals surface area contributed by atoms with Gasteiger partial charge in [0.15, 0.2) is 0 Å². The van der Waals surface area contributed by atoms with Crippen molar-refractivity contribution in [2.75, 3.05) is 13.1 Å². The van der Waals surface area contributed by atoms with Crippen molar-refractivity contribution in [1.29, 1.82) is 0 Å². The summed E-state index contributed by atoms with van der Waals surface area (Å²) < 4.78 is 0. The van der Waals surface area contributed by atoms with Crippen LogP contribution in [0.25, 0.3) is 0 Å². The van der Waals surface area contributed by atoms with Crippen LogP contribution in [-0.4, -0.2) is 41.0 Å². The van der Waals surface area contributed by atoms with E-state index in [1.54, 1.807) is 0 Å². The van der Waals surface area contributed by atoms with E-state index in [0.717, 1.165) is 19.3 Å². The van der Waals surface area contributed by atoms with Crippen molar-refractivity contribution in [2.45, 2.75) is 39.2 Å². The first kappa shape index (κ1) is 14.0. The molecule has 0 aromatic rings. The summed E-state index contributed by atoms with van der Waals surface area (Å²) in [7, 11) is 0. The van der Waals surface area contributed by atoms with Crippen LogP contribution in [0, 0.1) is 11.8 Å².